The van der Waals surface area contributed by atoms with E-state index in [1.54, 1.807) is 33.7 Å². The fourth-order valence-electron chi connectivity index (χ4n) is 3.99. The van der Waals surface area contributed by atoms with Gasteiger partial charge in [-0.15, -0.1) is 0 Å². The van der Waals surface area contributed by atoms with Crippen LogP contribution in [0, 0.1) is 0 Å². The maximum Gasteiger partial charge on any atom is 0.261 e. The Balaban J connectivity index is 1.77. The van der Waals surface area contributed by atoms with Crippen LogP contribution in [0.25, 0.3) is 10.9 Å². The van der Waals surface area contributed by atoms with Crippen LogP contribution in [0.2, 0.25) is 0 Å². The van der Waals surface area contributed by atoms with E-state index in [2.05, 4.69) is 0 Å². The number of carbonyl (C=O) groups excluding carboxylic acids is 1. The zero-order valence-electron chi connectivity index (χ0n) is 18.1. The van der Waals surface area contributed by atoms with Gasteiger partial charge in [0.1, 0.15) is 5.82 Å². The first kappa shape index (κ1) is 20.9. The predicted octanol–water partition coefficient (Wildman–Crippen LogP) is 4.15. The minimum atomic E-state index is -0.373. The van der Waals surface area contributed by atoms with Crippen LogP contribution in [0.3, 0.4) is 0 Å². The molecule has 1 amide bonds. The average Bonchev–Trinajstić information content (AvgIpc) is 3.26. The summed E-state index contributed by atoms with van der Waals surface area (Å²) in [4.78, 5) is 33.3. The molecule has 2 heterocycles. The Kier molecular flexibility index (Phi) is 5.93. The number of rotatable bonds is 7. The van der Waals surface area contributed by atoms with Gasteiger partial charge < -0.3 is 14.4 Å². The summed E-state index contributed by atoms with van der Waals surface area (Å²) >= 11 is 0. The first-order chi connectivity index (χ1) is 15.0. The molecule has 1 unspecified atom stereocenters. The minimum absolute atomic E-state index is 0.0683. The van der Waals surface area contributed by atoms with Gasteiger partial charge in [0.2, 0.25) is 6.79 Å². The fourth-order valence-corrected chi connectivity index (χ4v) is 3.99. The van der Waals surface area contributed by atoms with Gasteiger partial charge in [0.25, 0.3) is 11.5 Å². The SMILES string of the molecule is CCCN(C(=O)c1ccc2c(c1)OCO2)C(C)c1nc2ccccc2c(=O)n1CCC. The molecule has 1 atom stereocenters. The molecule has 0 spiro atoms. The molecular weight excluding hydrogens is 394 g/mol. The van der Waals surface area contributed by atoms with E-state index in [-0.39, 0.29) is 24.3 Å². The monoisotopic (exact) mass is 421 g/mol. The molecule has 31 heavy (non-hydrogen) atoms. The second kappa shape index (κ2) is 8.79. The lowest BCUT2D eigenvalue weighted by Gasteiger charge is -2.30. The second-order valence-electron chi connectivity index (χ2n) is 7.69. The highest BCUT2D eigenvalue weighted by Gasteiger charge is 2.27. The molecular formula is C24H27N3O4. The molecule has 0 N–H and O–H groups in total. The quantitative estimate of drug-likeness (QED) is 0.573. The summed E-state index contributed by atoms with van der Waals surface area (Å²) in [5.74, 6) is 1.69. The first-order valence-corrected chi connectivity index (χ1v) is 10.7. The van der Waals surface area contributed by atoms with Gasteiger partial charge in [0, 0.05) is 18.7 Å². The number of amides is 1. The Morgan fingerprint density at radius 1 is 1.13 bits per heavy atom. The van der Waals surface area contributed by atoms with Crippen LogP contribution in [0.15, 0.2) is 47.3 Å². The lowest BCUT2D eigenvalue weighted by Crippen LogP contribution is -2.38. The van der Waals surface area contributed by atoms with Gasteiger partial charge in [-0.25, -0.2) is 4.98 Å². The van der Waals surface area contributed by atoms with E-state index in [1.165, 1.54) is 0 Å². The van der Waals surface area contributed by atoms with Crippen molar-refractivity contribution in [3.63, 3.8) is 0 Å². The molecule has 0 saturated carbocycles. The van der Waals surface area contributed by atoms with E-state index in [1.807, 2.05) is 39.0 Å². The van der Waals surface area contributed by atoms with E-state index in [4.69, 9.17) is 14.5 Å². The van der Waals surface area contributed by atoms with Gasteiger partial charge in [-0.05, 0) is 50.1 Å². The highest BCUT2D eigenvalue weighted by atomic mass is 16.7. The molecule has 3 aromatic rings. The van der Waals surface area contributed by atoms with E-state index < -0.39 is 0 Å². The summed E-state index contributed by atoms with van der Waals surface area (Å²) in [6.07, 6.45) is 1.58. The van der Waals surface area contributed by atoms with Gasteiger partial charge >= 0.3 is 0 Å². The normalized spacial score (nSPS) is 13.4. The molecule has 7 nitrogen and oxygen atoms in total. The van der Waals surface area contributed by atoms with Crippen LogP contribution >= 0.6 is 0 Å². The van der Waals surface area contributed by atoms with Crippen LogP contribution in [0.4, 0.5) is 0 Å². The predicted molar refractivity (Wildman–Crippen MR) is 119 cm³/mol. The summed E-state index contributed by atoms with van der Waals surface area (Å²) in [7, 11) is 0. The third kappa shape index (κ3) is 3.87. The van der Waals surface area contributed by atoms with E-state index in [9.17, 15) is 9.59 Å². The zero-order chi connectivity index (χ0) is 22.0. The number of hydrogen-bond acceptors (Lipinski definition) is 5. The molecule has 2 aromatic carbocycles. The summed E-state index contributed by atoms with van der Waals surface area (Å²) in [6.45, 7) is 7.24. The number of ether oxygens (including phenoxy) is 2. The van der Waals surface area contributed by atoms with E-state index in [0.717, 1.165) is 12.8 Å². The lowest BCUT2D eigenvalue weighted by molar-refractivity contribution is 0.0678. The molecule has 1 aliphatic heterocycles. The van der Waals surface area contributed by atoms with Crippen molar-refractivity contribution in [1.82, 2.24) is 14.5 Å². The van der Waals surface area contributed by atoms with Gasteiger partial charge in [-0.2, -0.15) is 0 Å². The number of para-hydroxylation sites is 1. The van der Waals surface area contributed by atoms with Crippen LogP contribution in [0.5, 0.6) is 11.5 Å². The Morgan fingerprint density at radius 3 is 2.68 bits per heavy atom. The Bertz CT molecular complexity index is 1170. The zero-order valence-corrected chi connectivity index (χ0v) is 18.1. The van der Waals surface area contributed by atoms with Crippen LogP contribution in [-0.4, -0.2) is 33.7 Å². The third-order valence-corrected chi connectivity index (χ3v) is 5.52. The molecule has 1 aliphatic rings. The van der Waals surface area contributed by atoms with Crippen molar-refractivity contribution >= 4 is 16.8 Å². The maximum absolute atomic E-state index is 13.5. The lowest BCUT2D eigenvalue weighted by atomic mass is 10.1. The number of fused-ring (bicyclic) bond motifs is 2. The van der Waals surface area contributed by atoms with Gasteiger partial charge in [-0.3, -0.25) is 14.2 Å². The van der Waals surface area contributed by atoms with Crippen molar-refractivity contribution in [3.05, 3.63) is 64.2 Å². The molecule has 0 radical (unpaired) electrons. The van der Waals surface area contributed by atoms with Crippen molar-refractivity contribution in [2.75, 3.05) is 13.3 Å². The van der Waals surface area contributed by atoms with Gasteiger partial charge in [0.05, 0.1) is 16.9 Å². The maximum atomic E-state index is 13.5. The van der Waals surface area contributed by atoms with Crippen molar-refractivity contribution in [1.29, 1.82) is 0 Å². The summed E-state index contributed by atoms with van der Waals surface area (Å²) < 4.78 is 12.5. The Labute approximate surface area is 181 Å². The van der Waals surface area contributed by atoms with Crippen molar-refractivity contribution in [2.45, 2.75) is 46.2 Å². The number of hydrogen-bond donors (Lipinski definition) is 0. The molecule has 0 bridgehead atoms. The molecule has 4 rings (SSSR count). The molecule has 0 fully saturated rings. The number of nitrogens with zero attached hydrogens (tertiary/aromatic N) is 3. The van der Waals surface area contributed by atoms with Crippen molar-refractivity contribution in [3.8, 4) is 11.5 Å². The highest BCUT2D eigenvalue weighted by Crippen LogP contribution is 2.33. The van der Waals surface area contributed by atoms with E-state index in [0.29, 0.717) is 46.9 Å². The van der Waals surface area contributed by atoms with Crippen molar-refractivity contribution < 1.29 is 14.3 Å². The standard InChI is InChI=1S/C24H27N3O4/c1-4-12-26(23(28)17-10-11-20-21(14-17)31-15-30-20)16(3)22-25-19-9-7-6-8-18(19)24(29)27(22)13-5-2/h6-11,14,16H,4-5,12-13,15H2,1-3H3. The minimum Gasteiger partial charge on any atom is -0.454 e. The summed E-state index contributed by atoms with van der Waals surface area (Å²) in [5.41, 5.74) is 1.10. The first-order valence-electron chi connectivity index (χ1n) is 10.7. The third-order valence-electron chi connectivity index (χ3n) is 5.52. The number of carbonyl (C=O) groups is 1. The average molecular weight is 421 g/mol. The highest BCUT2D eigenvalue weighted by molar-refractivity contribution is 5.95. The fraction of sp³-hybridized carbons (Fsp3) is 0.375. The second-order valence-corrected chi connectivity index (χ2v) is 7.69. The van der Waals surface area contributed by atoms with Gasteiger partial charge in [-0.1, -0.05) is 26.0 Å². The topological polar surface area (TPSA) is 73.7 Å². The molecule has 0 saturated heterocycles. The molecule has 162 valence electrons. The van der Waals surface area contributed by atoms with Crippen molar-refractivity contribution in [2.24, 2.45) is 0 Å². The molecule has 7 heteroatoms. The van der Waals surface area contributed by atoms with Crippen LogP contribution in [-0.2, 0) is 6.54 Å². The van der Waals surface area contributed by atoms with Gasteiger partial charge in [0.15, 0.2) is 11.5 Å². The smallest absolute Gasteiger partial charge is 0.261 e. The number of benzene rings is 2. The Morgan fingerprint density at radius 2 is 1.90 bits per heavy atom. The van der Waals surface area contributed by atoms with Crippen LogP contribution in [0.1, 0.15) is 55.8 Å². The largest absolute Gasteiger partial charge is 0.454 e. The summed E-state index contributed by atoms with van der Waals surface area (Å²) in [6, 6.07) is 12.2. The molecule has 1 aromatic heterocycles. The summed E-state index contributed by atoms with van der Waals surface area (Å²) in [5, 5.41) is 0.594. The Hall–Kier alpha value is -3.35. The molecule has 0 aliphatic carbocycles. The van der Waals surface area contributed by atoms with E-state index >= 15 is 0 Å². The number of aromatic nitrogens is 2. The van der Waals surface area contributed by atoms with Crippen LogP contribution < -0.4 is 15.0 Å².